The van der Waals surface area contributed by atoms with Crippen molar-refractivity contribution in [2.24, 2.45) is 0 Å². The molecule has 5 heteroatoms. The fourth-order valence-corrected chi connectivity index (χ4v) is 2.10. The third kappa shape index (κ3) is 2.86. The van der Waals surface area contributed by atoms with Gasteiger partial charge in [-0.3, -0.25) is 0 Å². The van der Waals surface area contributed by atoms with Crippen molar-refractivity contribution in [2.75, 3.05) is 13.2 Å². The number of rotatable bonds is 3. The molecule has 3 atom stereocenters. The van der Waals surface area contributed by atoms with Crippen LogP contribution in [0, 0.1) is 0 Å². The van der Waals surface area contributed by atoms with Crippen molar-refractivity contribution in [3.63, 3.8) is 0 Å². The summed E-state index contributed by atoms with van der Waals surface area (Å²) in [5.41, 5.74) is 0. The maximum Gasteiger partial charge on any atom is 0.330 e. The predicted octanol–water partition coefficient (Wildman–Crippen LogP) is 1.02. The first kappa shape index (κ1) is 12.5. The zero-order chi connectivity index (χ0) is 12.5. The van der Waals surface area contributed by atoms with E-state index < -0.39 is 5.79 Å². The largest absolute Gasteiger partial charge is 0.463 e. The molecular formula is C12H18O5. The van der Waals surface area contributed by atoms with Crippen LogP contribution >= 0.6 is 0 Å². The molecule has 0 N–H and O–H groups in total. The van der Waals surface area contributed by atoms with Gasteiger partial charge < -0.3 is 18.9 Å². The summed E-state index contributed by atoms with van der Waals surface area (Å²) in [5, 5.41) is 0. The van der Waals surface area contributed by atoms with Gasteiger partial charge in [0.2, 0.25) is 0 Å². The van der Waals surface area contributed by atoms with E-state index in [1.165, 1.54) is 6.08 Å². The quantitative estimate of drug-likeness (QED) is 0.546. The molecule has 0 aliphatic carbocycles. The van der Waals surface area contributed by atoms with E-state index in [9.17, 15) is 4.79 Å². The van der Waals surface area contributed by atoms with Gasteiger partial charge in [0.15, 0.2) is 5.79 Å². The van der Waals surface area contributed by atoms with Crippen LogP contribution < -0.4 is 0 Å². The van der Waals surface area contributed by atoms with Crippen molar-refractivity contribution in [3.8, 4) is 0 Å². The summed E-state index contributed by atoms with van der Waals surface area (Å²) in [6, 6.07) is 0. The molecule has 0 radical (unpaired) electrons. The van der Waals surface area contributed by atoms with Crippen LogP contribution in [-0.4, -0.2) is 43.3 Å². The molecule has 0 bridgehead atoms. The molecule has 0 spiro atoms. The minimum Gasteiger partial charge on any atom is -0.463 e. The fourth-order valence-electron chi connectivity index (χ4n) is 2.10. The van der Waals surface area contributed by atoms with Crippen LogP contribution in [-0.2, 0) is 23.7 Å². The highest BCUT2D eigenvalue weighted by Crippen LogP contribution is 2.35. The number of ether oxygens (including phenoxy) is 4. The lowest BCUT2D eigenvalue weighted by atomic mass is 10.1. The molecular weight excluding hydrogens is 224 g/mol. The summed E-state index contributed by atoms with van der Waals surface area (Å²) < 4.78 is 21.7. The van der Waals surface area contributed by atoms with Crippen LogP contribution in [0.5, 0.6) is 0 Å². The van der Waals surface area contributed by atoms with Crippen molar-refractivity contribution in [1.29, 1.82) is 0 Å². The predicted molar refractivity (Wildman–Crippen MR) is 59.3 cm³/mol. The topological polar surface area (TPSA) is 54.0 Å². The highest BCUT2D eigenvalue weighted by atomic mass is 16.8. The Hall–Kier alpha value is -0.910. The molecule has 2 fully saturated rings. The Balaban J connectivity index is 1.93. The molecule has 0 amide bonds. The second kappa shape index (κ2) is 4.76. The first-order valence-corrected chi connectivity index (χ1v) is 5.84. The number of carbonyl (C=O) groups is 1. The van der Waals surface area contributed by atoms with E-state index in [1.807, 2.05) is 13.8 Å². The molecule has 5 nitrogen and oxygen atoms in total. The molecule has 2 aliphatic rings. The average molecular weight is 242 g/mol. The first-order chi connectivity index (χ1) is 8.02. The van der Waals surface area contributed by atoms with E-state index in [2.05, 4.69) is 0 Å². The van der Waals surface area contributed by atoms with E-state index in [0.29, 0.717) is 13.2 Å². The zero-order valence-corrected chi connectivity index (χ0v) is 10.3. The summed E-state index contributed by atoms with van der Waals surface area (Å²) in [7, 11) is 0. The second-order valence-corrected chi connectivity index (χ2v) is 4.55. The van der Waals surface area contributed by atoms with Gasteiger partial charge >= 0.3 is 5.97 Å². The lowest BCUT2D eigenvalue weighted by molar-refractivity contribution is -0.170. The van der Waals surface area contributed by atoms with E-state index in [1.54, 1.807) is 13.0 Å². The van der Waals surface area contributed by atoms with Crippen LogP contribution in [0.15, 0.2) is 12.2 Å². The number of hydrogen-bond acceptors (Lipinski definition) is 5. The van der Waals surface area contributed by atoms with Gasteiger partial charge in [-0.15, -0.1) is 0 Å². The summed E-state index contributed by atoms with van der Waals surface area (Å²) >= 11 is 0. The van der Waals surface area contributed by atoms with Crippen LogP contribution in [0.3, 0.4) is 0 Å². The minimum absolute atomic E-state index is 0.0538. The van der Waals surface area contributed by atoms with E-state index in [-0.39, 0.29) is 24.3 Å². The van der Waals surface area contributed by atoms with Crippen molar-refractivity contribution >= 4 is 5.97 Å². The highest BCUT2D eigenvalue weighted by molar-refractivity contribution is 5.81. The Labute approximate surface area is 101 Å². The Morgan fingerprint density at radius 2 is 2.24 bits per heavy atom. The van der Waals surface area contributed by atoms with Crippen LogP contribution in [0.4, 0.5) is 0 Å². The van der Waals surface area contributed by atoms with Gasteiger partial charge in [0, 0.05) is 6.08 Å². The van der Waals surface area contributed by atoms with Gasteiger partial charge in [0.25, 0.3) is 0 Å². The molecule has 2 saturated heterocycles. The lowest BCUT2D eigenvalue weighted by Gasteiger charge is -2.20. The van der Waals surface area contributed by atoms with Crippen LogP contribution in [0.25, 0.3) is 0 Å². The number of esters is 1. The van der Waals surface area contributed by atoms with Gasteiger partial charge in [-0.25, -0.2) is 4.79 Å². The summed E-state index contributed by atoms with van der Waals surface area (Å²) in [6.45, 7) is 6.37. The van der Waals surface area contributed by atoms with Crippen molar-refractivity contribution in [1.82, 2.24) is 0 Å². The Kier molecular flexibility index (Phi) is 3.51. The zero-order valence-electron chi connectivity index (χ0n) is 10.3. The van der Waals surface area contributed by atoms with E-state index >= 15 is 0 Å². The molecule has 2 aliphatic heterocycles. The van der Waals surface area contributed by atoms with Crippen LogP contribution in [0.1, 0.15) is 20.8 Å². The maximum atomic E-state index is 11.2. The molecule has 96 valence electrons. The van der Waals surface area contributed by atoms with Crippen molar-refractivity contribution in [2.45, 2.75) is 44.9 Å². The molecule has 17 heavy (non-hydrogen) atoms. The molecule has 0 aromatic rings. The summed E-state index contributed by atoms with van der Waals surface area (Å²) in [4.78, 5) is 11.2. The normalized spacial score (nSPS) is 35.1. The number of fused-ring (bicyclic) bond motifs is 1. The Bertz CT molecular complexity index is 323. The number of carbonyl (C=O) groups excluding carboxylic acids is 1. The van der Waals surface area contributed by atoms with E-state index in [4.69, 9.17) is 18.9 Å². The second-order valence-electron chi connectivity index (χ2n) is 4.55. The molecule has 2 rings (SSSR count). The fraction of sp³-hybridized carbons (Fsp3) is 0.750. The standard InChI is InChI=1S/C12H18O5/c1-4-14-10(13)6-5-8-11-9(7-15-8)16-12(2,3)17-11/h5-6,8-9,11H,4,7H2,1-3H3/b6-5+/t8-,9+,11?/m1/s1. The van der Waals surface area contributed by atoms with Gasteiger partial charge in [-0.05, 0) is 26.8 Å². The maximum absolute atomic E-state index is 11.2. The SMILES string of the molecule is CCOC(=O)/C=C/[C@H]1OC[C@@H]2OC(C)(C)OC21. The third-order valence-electron chi connectivity index (χ3n) is 2.71. The van der Waals surface area contributed by atoms with Crippen LogP contribution in [0.2, 0.25) is 0 Å². The Morgan fingerprint density at radius 3 is 2.94 bits per heavy atom. The van der Waals surface area contributed by atoms with Gasteiger partial charge in [-0.2, -0.15) is 0 Å². The number of hydrogen-bond donors (Lipinski definition) is 0. The Morgan fingerprint density at radius 1 is 1.47 bits per heavy atom. The monoisotopic (exact) mass is 242 g/mol. The first-order valence-electron chi connectivity index (χ1n) is 5.84. The van der Waals surface area contributed by atoms with Crippen molar-refractivity contribution in [3.05, 3.63) is 12.2 Å². The molecule has 0 saturated carbocycles. The minimum atomic E-state index is -0.574. The van der Waals surface area contributed by atoms with Gasteiger partial charge in [0.05, 0.1) is 13.2 Å². The highest BCUT2D eigenvalue weighted by Gasteiger charge is 2.49. The smallest absolute Gasteiger partial charge is 0.330 e. The molecule has 2 heterocycles. The average Bonchev–Trinajstić information content (AvgIpc) is 2.71. The summed E-state index contributed by atoms with van der Waals surface area (Å²) in [5.74, 6) is -0.937. The van der Waals surface area contributed by atoms with Crippen molar-refractivity contribution < 1.29 is 23.7 Å². The van der Waals surface area contributed by atoms with E-state index in [0.717, 1.165) is 0 Å². The third-order valence-corrected chi connectivity index (χ3v) is 2.71. The molecule has 0 aromatic carbocycles. The molecule has 0 aromatic heterocycles. The lowest BCUT2D eigenvalue weighted by Crippen LogP contribution is -2.28. The summed E-state index contributed by atoms with van der Waals surface area (Å²) in [6.07, 6.45) is 2.61. The van der Waals surface area contributed by atoms with Gasteiger partial charge in [-0.1, -0.05) is 0 Å². The van der Waals surface area contributed by atoms with Gasteiger partial charge in [0.1, 0.15) is 18.3 Å². The molecule has 1 unspecified atom stereocenters.